The van der Waals surface area contributed by atoms with Gasteiger partial charge in [0.15, 0.2) is 0 Å². The summed E-state index contributed by atoms with van der Waals surface area (Å²) in [6, 6.07) is -0.957. The van der Waals surface area contributed by atoms with Crippen molar-refractivity contribution in [1.29, 1.82) is 0 Å². The molecular formula is C8H15NO5S2. The van der Waals surface area contributed by atoms with Gasteiger partial charge in [0.2, 0.25) is 10.0 Å². The van der Waals surface area contributed by atoms with Crippen LogP contribution in [0.15, 0.2) is 0 Å². The fraction of sp³-hybridized carbons (Fsp3) is 0.875. The lowest BCUT2D eigenvalue weighted by atomic mass is 10.3. The molecule has 2 atom stereocenters. The molecule has 0 spiro atoms. The van der Waals surface area contributed by atoms with E-state index in [1.165, 1.54) is 18.9 Å². The SMILES string of the molecule is COCCS(=O)(=O)N1C(C)SCC1C(=O)O. The molecule has 1 aliphatic rings. The van der Waals surface area contributed by atoms with Crippen LogP contribution >= 0.6 is 11.8 Å². The lowest BCUT2D eigenvalue weighted by Gasteiger charge is -2.23. The van der Waals surface area contributed by atoms with E-state index < -0.39 is 22.0 Å². The summed E-state index contributed by atoms with van der Waals surface area (Å²) in [5, 5.41) is 8.61. The van der Waals surface area contributed by atoms with Gasteiger partial charge in [-0.05, 0) is 6.92 Å². The fourth-order valence-corrected chi connectivity index (χ4v) is 4.85. The number of nitrogens with zero attached hydrogens (tertiary/aromatic N) is 1. The third-order valence-electron chi connectivity index (χ3n) is 2.31. The highest BCUT2D eigenvalue weighted by Gasteiger charge is 2.43. The van der Waals surface area contributed by atoms with Crippen LogP contribution in [0, 0.1) is 0 Å². The van der Waals surface area contributed by atoms with Crippen LogP contribution in [-0.4, -0.2) is 60.4 Å². The molecule has 1 rings (SSSR count). The molecule has 0 amide bonds. The minimum absolute atomic E-state index is 0.0720. The molecule has 0 bridgehead atoms. The topological polar surface area (TPSA) is 83.9 Å². The van der Waals surface area contributed by atoms with Gasteiger partial charge in [-0.2, -0.15) is 4.31 Å². The Hall–Kier alpha value is -0.310. The van der Waals surface area contributed by atoms with Crippen LogP contribution < -0.4 is 0 Å². The molecule has 2 unspecified atom stereocenters. The number of methoxy groups -OCH3 is 1. The Bertz CT molecular complexity index is 355. The number of sulfonamides is 1. The van der Waals surface area contributed by atoms with Crippen LogP contribution in [0.1, 0.15) is 6.92 Å². The highest BCUT2D eigenvalue weighted by atomic mass is 32.2. The standard InChI is InChI=1S/C8H15NO5S2/c1-6-9(7(5-15-6)8(10)11)16(12,13)4-3-14-2/h6-7H,3-5H2,1-2H3,(H,10,11). The van der Waals surface area contributed by atoms with Crippen LogP contribution in [0.5, 0.6) is 0 Å². The summed E-state index contributed by atoms with van der Waals surface area (Å²) < 4.78 is 29.5. The first-order chi connectivity index (χ1) is 7.40. The normalized spacial score (nSPS) is 27.1. The fourth-order valence-electron chi connectivity index (χ4n) is 1.52. The van der Waals surface area contributed by atoms with Crippen molar-refractivity contribution in [3.63, 3.8) is 0 Å². The Labute approximate surface area is 99.0 Å². The van der Waals surface area contributed by atoms with Crippen molar-refractivity contribution in [2.24, 2.45) is 0 Å². The summed E-state index contributed by atoms with van der Waals surface area (Å²) in [4.78, 5) is 10.9. The Kier molecular flexibility index (Phi) is 4.60. The maximum absolute atomic E-state index is 11.9. The molecule has 0 aliphatic carbocycles. The number of carboxylic acid groups (broad SMARTS) is 1. The Morgan fingerprint density at radius 1 is 1.62 bits per heavy atom. The van der Waals surface area contributed by atoms with E-state index in [4.69, 9.17) is 9.84 Å². The van der Waals surface area contributed by atoms with Crippen molar-refractivity contribution in [3.8, 4) is 0 Å². The molecule has 0 aromatic heterocycles. The summed E-state index contributed by atoms with van der Waals surface area (Å²) in [6.45, 7) is 1.76. The quantitative estimate of drug-likeness (QED) is 0.745. The van der Waals surface area contributed by atoms with E-state index in [9.17, 15) is 13.2 Å². The number of aliphatic carboxylic acids is 1. The van der Waals surface area contributed by atoms with Crippen molar-refractivity contribution in [1.82, 2.24) is 4.31 Å². The lowest BCUT2D eigenvalue weighted by Crippen LogP contribution is -2.46. The zero-order valence-electron chi connectivity index (χ0n) is 9.12. The van der Waals surface area contributed by atoms with Crippen LogP contribution in [0.25, 0.3) is 0 Å². The lowest BCUT2D eigenvalue weighted by molar-refractivity contribution is -0.140. The highest BCUT2D eigenvalue weighted by Crippen LogP contribution is 2.31. The molecule has 0 radical (unpaired) electrons. The summed E-state index contributed by atoms with van der Waals surface area (Å²) in [7, 11) is -2.15. The van der Waals surface area contributed by atoms with Crippen molar-refractivity contribution < 1.29 is 23.1 Å². The Balaban J connectivity index is 2.86. The number of hydrogen-bond acceptors (Lipinski definition) is 5. The second kappa shape index (κ2) is 5.35. The van der Waals surface area contributed by atoms with E-state index in [-0.39, 0.29) is 17.7 Å². The first kappa shape index (κ1) is 13.8. The van der Waals surface area contributed by atoms with Crippen molar-refractivity contribution in [2.45, 2.75) is 18.3 Å². The molecule has 0 aromatic rings. The first-order valence-corrected chi connectivity index (χ1v) is 7.40. The van der Waals surface area contributed by atoms with Gasteiger partial charge in [0.1, 0.15) is 6.04 Å². The average Bonchev–Trinajstić information content (AvgIpc) is 2.58. The highest BCUT2D eigenvalue weighted by molar-refractivity contribution is 8.01. The van der Waals surface area contributed by atoms with Crippen LogP contribution in [-0.2, 0) is 19.6 Å². The van der Waals surface area contributed by atoms with Gasteiger partial charge in [0.25, 0.3) is 0 Å². The minimum atomic E-state index is -3.56. The van der Waals surface area contributed by atoms with Gasteiger partial charge in [-0.25, -0.2) is 8.42 Å². The second-order valence-corrected chi connectivity index (χ2v) is 6.77. The van der Waals surface area contributed by atoms with Gasteiger partial charge < -0.3 is 9.84 Å². The average molecular weight is 269 g/mol. The molecule has 1 fully saturated rings. The largest absolute Gasteiger partial charge is 0.480 e. The van der Waals surface area contributed by atoms with Gasteiger partial charge in [-0.1, -0.05) is 0 Å². The molecule has 1 aliphatic heterocycles. The molecule has 1 N–H and O–H groups in total. The monoisotopic (exact) mass is 269 g/mol. The van der Waals surface area contributed by atoms with Crippen molar-refractivity contribution in [2.75, 3.05) is 25.2 Å². The Morgan fingerprint density at radius 2 is 2.25 bits per heavy atom. The number of rotatable bonds is 5. The molecule has 1 heterocycles. The van der Waals surface area contributed by atoms with Crippen LogP contribution in [0.4, 0.5) is 0 Å². The summed E-state index contributed by atoms with van der Waals surface area (Å²) in [5.41, 5.74) is 0. The van der Waals surface area contributed by atoms with Crippen molar-refractivity contribution >= 4 is 27.8 Å². The van der Waals surface area contributed by atoms with Gasteiger partial charge in [-0.15, -0.1) is 11.8 Å². The molecule has 16 heavy (non-hydrogen) atoms. The minimum Gasteiger partial charge on any atom is -0.480 e. The molecule has 1 saturated heterocycles. The predicted molar refractivity (Wildman–Crippen MR) is 60.8 cm³/mol. The van der Waals surface area contributed by atoms with E-state index >= 15 is 0 Å². The third kappa shape index (κ3) is 2.88. The van der Waals surface area contributed by atoms with E-state index in [1.54, 1.807) is 6.92 Å². The third-order valence-corrected chi connectivity index (χ3v) is 5.56. The predicted octanol–water partition coefficient (Wildman–Crippen LogP) is -0.189. The maximum atomic E-state index is 11.9. The number of hydrogen-bond donors (Lipinski definition) is 1. The van der Waals surface area contributed by atoms with E-state index in [0.29, 0.717) is 5.75 Å². The number of thioether (sulfide) groups is 1. The van der Waals surface area contributed by atoms with Gasteiger partial charge in [0, 0.05) is 12.9 Å². The summed E-state index contributed by atoms with van der Waals surface area (Å²) >= 11 is 1.33. The zero-order valence-corrected chi connectivity index (χ0v) is 10.8. The number of carboxylic acids is 1. The van der Waals surface area contributed by atoms with Gasteiger partial charge >= 0.3 is 5.97 Å². The van der Waals surface area contributed by atoms with E-state index in [2.05, 4.69) is 0 Å². The van der Waals surface area contributed by atoms with E-state index in [1.807, 2.05) is 0 Å². The number of ether oxygens (including phenoxy) is 1. The molecule has 6 nitrogen and oxygen atoms in total. The van der Waals surface area contributed by atoms with Crippen LogP contribution in [0.3, 0.4) is 0 Å². The van der Waals surface area contributed by atoms with Crippen molar-refractivity contribution in [3.05, 3.63) is 0 Å². The molecular weight excluding hydrogens is 254 g/mol. The molecule has 94 valence electrons. The van der Waals surface area contributed by atoms with Crippen LogP contribution in [0.2, 0.25) is 0 Å². The first-order valence-electron chi connectivity index (χ1n) is 4.74. The van der Waals surface area contributed by atoms with Gasteiger partial charge in [-0.3, -0.25) is 4.79 Å². The smallest absolute Gasteiger partial charge is 0.322 e. The Morgan fingerprint density at radius 3 is 2.75 bits per heavy atom. The molecule has 0 saturated carbocycles. The van der Waals surface area contributed by atoms with Gasteiger partial charge in [0.05, 0.1) is 17.7 Å². The van der Waals surface area contributed by atoms with E-state index in [0.717, 1.165) is 4.31 Å². The molecule has 8 heteroatoms. The summed E-state index contributed by atoms with van der Waals surface area (Å²) in [6.07, 6.45) is 0. The number of carbonyl (C=O) groups is 1. The maximum Gasteiger partial charge on any atom is 0.322 e. The second-order valence-electron chi connectivity index (χ2n) is 3.43. The molecule has 0 aromatic carbocycles. The summed E-state index contributed by atoms with van der Waals surface area (Å²) in [5.74, 6) is -0.987. The zero-order chi connectivity index (χ0) is 12.3.